The molecule has 0 spiro atoms. The third-order valence-electron chi connectivity index (χ3n) is 3.83. The van der Waals surface area contributed by atoms with Gasteiger partial charge in [-0.2, -0.15) is 0 Å². The highest BCUT2D eigenvalue weighted by Gasteiger charge is 2.23. The molecule has 120 valence electrons. The summed E-state index contributed by atoms with van der Waals surface area (Å²) in [7, 11) is 1.37. The first-order chi connectivity index (χ1) is 10.7. The number of hydrogen-bond acceptors (Lipinski definition) is 4. The molecule has 5 heteroatoms. The van der Waals surface area contributed by atoms with Crippen molar-refractivity contribution in [1.82, 2.24) is 0 Å². The average molecular weight is 304 g/mol. The molecule has 0 unspecified atom stereocenters. The third-order valence-corrected chi connectivity index (χ3v) is 3.83. The normalized spacial score (nSPS) is 14.3. The molecule has 5 nitrogen and oxygen atoms in total. The fourth-order valence-electron chi connectivity index (χ4n) is 2.63. The lowest BCUT2D eigenvalue weighted by molar-refractivity contribution is -0.117. The Bertz CT molecular complexity index is 543. The summed E-state index contributed by atoms with van der Waals surface area (Å²) in [6.45, 7) is 3.72. The largest absolute Gasteiger partial charge is 0.465 e. The second-order valence-corrected chi connectivity index (χ2v) is 5.54. The summed E-state index contributed by atoms with van der Waals surface area (Å²) in [6.07, 6.45) is 4.85. The lowest BCUT2D eigenvalue weighted by atomic mass is 10.1. The SMILES string of the molecule is CCCCCNc1cc(C(=O)OC)cc(N2CCCC2=O)c1. The summed E-state index contributed by atoms with van der Waals surface area (Å²) in [5.74, 6) is -0.274. The quantitative estimate of drug-likeness (QED) is 0.621. The lowest BCUT2D eigenvalue weighted by Crippen LogP contribution is -2.24. The molecule has 1 heterocycles. The number of carbonyl (C=O) groups excluding carboxylic acids is 2. The highest BCUT2D eigenvalue weighted by Crippen LogP contribution is 2.27. The van der Waals surface area contributed by atoms with E-state index in [4.69, 9.17) is 4.74 Å². The van der Waals surface area contributed by atoms with Crippen LogP contribution in [0.25, 0.3) is 0 Å². The van der Waals surface area contributed by atoms with Gasteiger partial charge in [-0.15, -0.1) is 0 Å². The van der Waals surface area contributed by atoms with Gasteiger partial charge in [0.05, 0.1) is 12.7 Å². The second kappa shape index (κ2) is 7.82. The number of carbonyl (C=O) groups is 2. The molecule has 0 saturated carbocycles. The van der Waals surface area contributed by atoms with Crippen LogP contribution >= 0.6 is 0 Å². The van der Waals surface area contributed by atoms with Gasteiger partial charge in [0.25, 0.3) is 0 Å². The average Bonchev–Trinajstić information content (AvgIpc) is 2.96. The monoisotopic (exact) mass is 304 g/mol. The number of nitrogens with zero attached hydrogens (tertiary/aromatic N) is 1. The van der Waals surface area contributed by atoms with Crippen LogP contribution in [0.2, 0.25) is 0 Å². The minimum atomic E-state index is -0.384. The molecule has 1 aliphatic heterocycles. The van der Waals surface area contributed by atoms with Crippen molar-refractivity contribution < 1.29 is 14.3 Å². The zero-order valence-corrected chi connectivity index (χ0v) is 13.4. The fourth-order valence-corrected chi connectivity index (χ4v) is 2.63. The van der Waals surface area contributed by atoms with Crippen molar-refractivity contribution in [3.05, 3.63) is 23.8 Å². The van der Waals surface area contributed by atoms with Gasteiger partial charge in [0.2, 0.25) is 5.91 Å². The molecular formula is C17H24N2O3. The standard InChI is InChI=1S/C17H24N2O3/c1-3-4-5-8-18-14-10-13(17(21)22-2)11-15(12-14)19-9-6-7-16(19)20/h10-12,18H,3-9H2,1-2H3. The van der Waals surface area contributed by atoms with E-state index in [0.29, 0.717) is 18.5 Å². The second-order valence-electron chi connectivity index (χ2n) is 5.54. The van der Waals surface area contributed by atoms with Crippen LogP contribution in [0, 0.1) is 0 Å². The summed E-state index contributed by atoms with van der Waals surface area (Å²) in [5, 5.41) is 3.33. The molecule has 0 radical (unpaired) electrons. The van der Waals surface area contributed by atoms with E-state index < -0.39 is 0 Å². The van der Waals surface area contributed by atoms with Crippen LogP contribution in [0.3, 0.4) is 0 Å². The van der Waals surface area contributed by atoms with Crippen molar-refractivity contribution in [2.75, 3.05) is 30.4 Å². The number of amides is 1. The Morgan fingerprint density at radius 1 is 1.32 bits per heavy atom. The molecule has 0 aliphatic carbocycles. The summed E-state index contributed by atoms with van der Waals surface area (Å²) in [6, 6.07) is 5.44. The summed E-state index contributed by atoms with van der Waals surface area (Å²) in [5.41, 5.74) is 2.09. The molecule has 22 heavy (non-hydrogen) atoms. The number of esters is 1. The molecule has 1 fully saturated rings. The van der Waals surface area contributed by atoms with Gasteiger partial charge in [-0.1, -0.05) is 19.8 Å². The van der Waals surface area contributed by atoms with E-state index >= 15 is 0 Å². The number of benzene rings is 1. The molecule has 1 aliphatic rings. The van der Waals surface area contributed by atoms with Gasteiger partial charge in [-0.3, -0.25) is 4.79 Å². The molecule has 1 amide bonds. The van der Waals surface area contributed by atoms with Crippen LogP contribution in [0.15, 0.2) is 18.2 Å². The number of rotatable bonds is 7. The van der Waals surface area contributed by atoms with Crippen LogP contribution in [0.1, 0.15) is 49.4 Å². The van der Waals surface area contributed by atoms with E-state index in [1.165, 1.54) is 13.5 Å². The Hall–Kier alpha value is -2.04. The van der Waals surface area contributed by atoms with E-state index in [9.17, 15) is 9.59 Å². The number of hydrogen-bond donors (Lipinski definition) is 1. The van der Waals surface area contributed by atoms with Gasteiger partial charge in [-0.05, 0) is 31.0 Å². The van der Waals surface area contributed by atoms with Crippen molar-refractivity contribution in [2.24, 2.45) is 0 Å². The summed E-state index contributed by atoms with van der Waals surface area (Å²) in [4.78, 5) is 25.5. The molecule has 1 aromatic rings. The van der Waals surface area contributed by atoms with Crippen LogP contribution in [-0.2, 0) is 9.53 Å². The molecule has 0 bridgehead atoms. The van der Waals surface area contributed by atoms with E-state index in [1.54, 1.807) is 17.0 Å². The van der Waals surface area contributed by atoms with Crippen molar-refractivity contribution in [3.8, 4) is 0 Å². The zero-order chi connectivity index (χ0) is 15.9. The Morgan fingerprint density at radius 3 is 2.77 bits per heavy atom. The Kier molecular flexibility index (Phi) is 5.81. The highest BCUT2D eigenvalue weighted by molar-refractivity contribution is 5.98. The molecule has 1 saturated heterocycles. The van der Waals surface area contributed by atoms with E-state index in [0.717, 1.165) is 37.2 Å². The number of anilines is 2. The summed E-state index contributed by atoms with van der Waals surface area (Å²) < 4.78 is 4.81. The number of nitrogens with one attached hydrogen (secondary N) is 1. The number of methoxy groups -OCH3 is 1. The zero-order valence-electron chi connectivity index (χ0n) is 13.4. The van der Waals surface area contributed by atoms with Crippen molar-refractivity contribution in [2.45, 2.75) is 39.0 Å². The number of unbranched alkanes of at least 4 members (excludes halogenated alkanes) is 2. The topological polar surface area (TPSA) is 58.6 Å². The van der Waals surface area contributed by atoms with Gasteiger partial charge in [0, 0.05) is 30.9 Å². The molecule has 1 N–H and O–H groups in total. The van der Waals surface area contributed by atoms with Crippen molar-refractivity contribution in [1.29, 1.82) is 0 Å². The van der Waals surface area contributed by atoms with E-state index in [1.807, 2.05) is 6.07 Å². The van der Waals surface area contributed by atoms with Crippen LogP contribution in [0.4, 0.5) is 11.4 Å². The minimum Gasteiger partial charge on any atom is -0.465 e. The van der Waals surface area contributed by atoms with E-state index in [2.05, 4.69) is 12.2 Å². The molecular weight excluding hydrogens is 280 g/mol. The molecule has 0 aromatic heterocycles. The van der Waals surface area contributed by atoms with Gasteiger partial charge < -0.3 is 15.0 Å². The van der Waals surface area contributed by atoms with Gasteiger partial charge >= 0.3 is 5.97 Å². The van der Waals surface area contributed by atoms with Crippen molar-refractivity contribution in [3.63, 3.8) is 0 Å². The maximum Gasteiger partial charge on any atom is 0.337 e. The van der Waals surface area contributed by atoms with Gasteiger partial charge in [0.15, 0.2) is 0 Å². The highest BCUT2D eigenvalue weighted by atomic mass is 16.5. The number of ether oxygens (including phenoxy) is 1. The molecule has 1 aromatic carbocycles. The van der Waals surface area contributed by atoms with Crippen LogP contribution in [-0.4, -0.2) is 32.1 Å². The Labute approximate surface area is 131 Å². The third kappa shape index (κ3) is 4.00. The first-order valence-electron chi connectivity index (χ1n) is 7.93. The predicted octanol–water partition coefficient (Wildman–Crippen LogP) is 3.20. The lowest BCUT2D eigenvalue weighted by Gasteiger charge is -2.18. The van der Waals surface area contributed by atoms with Gasteiger partial charge in [0.1, 0.15) is 0 Å². The maximum absolute atomic E-state index is 11.9. The first-order valence-corrected chi connectivity index (χ1v) is 7.93. The van der Waals surface area contributed by atoms with Gasteiger partial charge in [-0.25, -0.2) is 4.79 Å². The van der Waals surface area contributed by atoms with Crippen LogP contribution < -0.4 is 10.2 Å². The minimum absolute atomic E-state index is 0.110. The molecule has 0 atom stereocenters. The van der Waals surface area contributed by atoms with E-state index in [-0.39, 0.29) is 11.9 Å². The maximum atomic E-state index is 11.9. The predicted molar refractivity (Wildman–Crippen MR) is 87.4 cm³/mol. The smallest absolute Gasteiger partial charge is 0.337 e. The van der Waals surface area contributed by atoms with Crippen molar-refractivity contribution >= 4 is 23.3 Å². The molecule has 2 rings (SSSR count). The van der Waals surface area contributed by atoms with Crippen LogP contribution in [0.5, 0.6) is 0 Å². The Balaban J connectivity index is 2.20. The fraction of sp³-hybridized carbons (Fsp3) is 0.529. The summed E-state index contributed by atoms with van der Waals surface area (Å²) >= 11 is 0. The first kappa shape index (κ1) is 16.3. The Morgan fingerprint density at radius 2 is 2.14 bits per heavy atom.